The van der Waals surface area contributed by atoms with E-state index in [-0.39, 0.29) is 18.3 Å². The summed E-state index contributed by atoms with van der Waals surface area (Å²) in [6, 6.07) is 7.44. The third kappa shape index (κ3) is 3.23. The lowest BCUT2D eigenvalue weighted by Gasteiger charge is -2.30. The summed E-state index contributed by atoms with van der Waals surface area (Å²) in [7, 11) is 0. The number of hydrogen-bond acceptors (Lipinski definition) is 4. The quantitative estimate of drug-likeness (QED) is 0.816. The third-order valence-corrected chi connectivity index (χ3v) is 4.37. The maximum atomic E-state index is 12.2. The van der Waals surface area contributed by atoms with E-state index in [0.717, 1.165) is 36.9 Å². The molecule has 0 radical (unpaired) electrons. The number of para-hydroxylation sites is 1. The molecular weight excluding hydrogens is 294 g/mol. The van der Waals surface area contributed by atoms with Crippen molar-refractivity contribution >= 4 is 22.8 Å². The van der Waals surface area contributed by atoms with Gasteiger partial charge in [0.25, 0.3) is 5.91 Å². The summed E-state index contributed by atoms with van der Waals surface area (Å²) in [6.45, 7) is 5.19. The Morgan fingerprint density at radius 3 is 2.87 bits per heavy atom. The molecule has 1 aliphatic heterocycles. The Bertz CT molecular complexity index is 734. The Hall–Kier alpha value is -2.30. The van der Waals surface area contributed by atoms with Crippen LogP contribution in [0.5, 0.6) is 0 Å². The van der Waals surface area contributed by atoms with Gasteiger partial charge in [-0.3, -0.25) is 4.79 Å². The van der Waals surface area contributed by atoms with Gasteiger partial charge in [0, 0.05) is 24.0 Å². The highest BCUT2D eigenvalue weighted by Crippen LogP contribution is 2.25. The van der Waals surface area contributed by atoms with E-state index in [1.807, 2.05) is 25.1 Å². The molecule has 1 amide bonds. The van der Waals surface area contributed by atoms with E-state index in [0.29, 0.717) is 11.5 Å². The number of hydrogen-bond donors (Lipinski definition) is 0. The maximum Gasteiger partial charge on any atom is 0.375 e. The average molecular weight is 315 g/mol. The van der Waals surface area contributed by atoms with Crippen LogP contribution < -0.4 is 0 Å². The number of rotatable bonds is 3. The van der Waals surface area contributed by atoms with Crippen molar-refractivity contribution < 1.29 is 18.7 Å². The zero-order valence-electron chi connectivity index (χ0n) is 13.5. The van der Waals surface area contributed by atoms with Gasteiger partial charge in [-0.1, -0.05) is 25.1 Å². The second-order valence-corrected chi connectivity index (χ2v) is 6.22. The van der Waals surface area contributed by atoms with Gasteiger partial charge in [0.05, 0.1) is 0 Å². The molecule has 122 valence electrons. The standard InChI is InChI=1S/C18H21NO4/c1-12-6-5-9-19(10-12)16(20)11-22-18(21)17-13(2)14-7-3-4-8-15(14)23-17/h3-4,7-8,12H,5-6,9-11H2,1-2H3/t12-/m1/s1. The molecule has 5 nitrogen and oxygen atoms in total. The first kappa shape index (κ1) is 15.6. The number of fused-ring (bicyclic) bond motifs is 1. The molecule has 1 atom stereocenters. The number of benzene rings is 1. The number of carbonyl (C=O) groups is 2. The Labute approximate surface area is 135 Å². The van der Waals surface area contributed by atoms with Gasteiger partial charge in [0.1, 0.15) is 5.58 Å². The van der Waals surface area contributed by atoms with E-state index >= 15 is 0 Å². The molecule has 0 aliphatic carbocycles. The van der Waals surface area contributed by atoms with Gasteiger partial charge in [-0.25, -0.2) is 4.79 Å². The van der Waals surface area contributed by atoms with Gasteiger partial charge in [-0.2, -0.15) is 0 Å². The van der Waals surface area contributed by atoms with Gasteiger partial charge in [-0.15, -0.1) is 0 Å². The molecule has 1 saturated heterocycles. The summed E-state index contributed by atoms with van der Waals surface area (Å²) in [5.74, 6) is -0.0530. The minimum atomic E-state index is -0.586. The minimum Gasteiger partial charge on any atom is -0.450 e. The fraction of sp³-hybridized carbons (Fsp3) is 0.444. The first-order chi connectivity index (χ1) is 11.1. The van der Waals surface area contributed by atoms with Crippen molar-refractivity contribution in [2.24, 2.45) is 5.92 Å². The Balaban J connectivity index is 1.64. The highest BCUT2D eigenvalue weighted by Gasteiger charge is 2.24. The highest BCUT2D eigenvalue weighted by atomic mass is 16.5. The van der Waals surface area contributed by atoms with Gasteiger partial charge >= 0.3 is 5.97 Å². The number of nitrogens with zero attached hydrogens (tertiary/aromatic N) is 1. The first-order valence-corrected chi connectivity index (χ1v) is 7.99. The maximum absolute atomic E-state index is 12.2. The molecule has 5 heteroatoms. The van der Waals surface area contributed by atoms with Crippen LogP contribution in [0.2, 0.25) is 0 Å². The van der Waals surface area contributed by atoms with Crippen LogP contribution in [0.1, 0.15) is 35.9 Å². The first-order valence-electron chi connectivity index (χ1n) is 7.99. The van der Waals surface area contributed by atoms with Gasteiger partial charge < -0.3 is 14.1 Å². The molecule has 1 fully saturated rings. The lowest BCUT2D eigenvalue weighted by Crippen LogP contribution is -2.41. The number of ether oxygens (including phenoxy) is 1. The zero-order chi connectivity index (χ0) is 16.4. The number of esters is 1. The third-order valence-electron chi connectivity index (χ3n) is 4.37. The lowest BCUT2D eigenvalue weighted by molar-refractivity contribution is -0.136. The van der Waals surface area contributed by atoms with Crippen LogP contribution in [0.25, 0.3) is 11.0 Å². The van der Waals surface area contributed by atoms with Crippen molar-refractivity contribution in [3.05, 3.63) is 35.6 Å². The van der Waals surface area contributed by atoms with Crippen LogP contribution >= 0.6 is 0 Å². The molecule has 0 N–H and O–H groups in total. The molecule has 0 saturated carbocycles. The van der Waals surface area contributed by atoms with E-state index in [4.69, 9.17) is 9.15 Å². The van der Waals surface area contributed by atoms with Crippen molar-refractivity contribution in [2.75, 3.05) is 19.7 Å². The van der Waals surface area contributed by atoms with Crippen molar-refractivity contribution in [2.45, 2.75) is 26.7 Å². The largest absolute Gasteiger partial charge is 0.450 e. The van der Waals surface area contributed by atoms with Crippen molar-refractivity contribution in [1.82, 2.24) is 4.90 Å². The fourth-order valence-electron chi connectivity index (χ4n) is 3.07. The summed E-state index contributed by atoms with van der Waals surface area (Å²) in [6.07, 6.45) is 2.14. The molecule has 23 heavy (non-hydrogen) atoms. The highest BCUT2D eigenvalue weighted by molar-refractivity contribution is 5.96. The van der Waals surface area contributed by atoms with Gasteiger partial charge in [0.15, 0.2) is 6.61 Å². The average Bonchev–Trinajstić information content (AvgIpc) is 2.90. The summed E-state index contributed by atoms with van der Waals surface area (Å²) in [5.41, 5.74) is 1.39. The predicted molar refractivity (Wildman–Crippen MR) is 86.2 cm³/mol. The van der Waals surface area contributed by atoms with Crippen LogP contribution in [0.15, 0.2) is 28.7 Å². The number of aryl methyl sites for hydroxylation is 1. The second kappa shape index (κ2) is 6.44. The Morgan fingerprint density at radius 2 is 2.13 bits per heavy atom. The molecule has 1 aromatic heterocycles. The number of piperidine rings is 1. The predicted octanol–water partition coefficient (Wildman–Crippen LogP) is 3.16. The SMILES string of the molecule is Cc1c(C(=O)OCC(=O)N2CCC[C@@H](C)C2)oc2ccccc12. The summed E-state index contributed by atoms with van der Waals surface area (Å²) < 4.78 is 10.7. The summed E-state index contributed by atoms with van der Waals surface area (Å²) in [4.78, 5) is 26.1. The molecule has 3 rings (SSSR count). The van der Waals surface area contributed by atoms with Crippen LogP contribution in [-0.4, -0.2) is 36.5 Å². The molecule has 0 spiro atoms. The molecule has 0 unspecified atom stereocenters. The van der Waals surface area contributed by atoms with Crippen molar-refractivity contribution in [1.29, 1.82) is 0 Å². The fourth-order valence-corrected chi connectivity index (χ4v) is 3.07. The van der Waals surface area contributed by atoms with Gasteiger partial charge in [-0.05, 0) is 31.7 Å². The normalized spacial score (nSPS) is 18.2. The van der Waals surface area contributed by atoms with Crippen LogP contribution in [0.3, 0.4) is 0 Å². The zero-order valence-corrected chi connectivity index (χ0v) is 13.5. The van der Waals surface area contributed by atoms with E-state index in [2.05, 4.69) is 6.92 Å². The summed E-state index contributed by atoms with van der Waals surface area (Å²) in [5, 5.41) is 0.885. The lowest BCUT2D eigenvalue weighted by atomic mass is 10.0. The van der Waals surface area contributed by atoms with E-state index in [1.165, 1.54) is 0 Å². The molecule has 1 aliphatic rings. The monoisotopic (exact) mass is 315 g/mol. The molecular formula is C18H21NO4. The molecule has 2 heterocycles. The number of furan rings is 1. The van der Waals surface area contributed by atoms with E-state index < -0.39 is 5.97 Å². The van der Waals surface area contributed by atoms with Crippen LogP contribution in [-0.2, 0) is 9.53 Å². The topological polar surface area (TPSA) is 59.8 Å². The smallest absolute Gasteiger partial charge is 0.375 e. The molecule has 1 aromatic carbocycles. The molecule has 2 aromatic rings. The Kier molecular flexibility index (Phi) is 4.37. The van der Waals surface area contributed by atoms with Crippen LogP contribution in [0.4, 0.5) is 0 Å². The van der Waals surface area contributed by atoms with Crippen LogP contribution in [0, 0.1) is 12.8 Å². The summed E-state index contributed by atoms with van der Waals surface area (Å²) >= 11 is 0. The van der Waals surface area contributed by atoms with Crippen molar-refractivity contribution in [3.63, 3.8) is 0 Å². The van der Waals surface area contributed by atoms with Gasteiger partial charge in [0.2, 0.25) is 5.76 Å². The Morgan fingerprint density at radius 1 is 1.35 bits per heavy atom. The van der Waals surface area contributed by atoms with E-state index in [1.54, 1.807) is 11.0 Å². The molecule has 0 bridgehead atoms. The number of likely N-dealkylation sites (tertiary alicyclic amines) is 1. The van der Waals surface area contributed by atoms with E-state index in [9.17, 15) is 9.59 Å². The minimum absolute atomic E-state index is 0.140. The second-order valence-electron chi connectivity index (χ2n) is 6.22. The van der Waals surface area contributed by atoms with Crippen molar-refractivity contribution in [3.8, 4) is 0 Å². The number of amides is 1. The number of carbonyl (C=O) groups excluding carboxylic acids is 2.